The number of hydrogen-bond acceptors (Lipinski definition) is 3. The van der Waals surface area contributed by atoms with Gasteiger partial charge in [0.1, 0.15) is 5.54 Å². The van der Waals surface area contributed by atoms with Crippen molar-refractivity contribution in [2.45, 2.75) is 57.2 Å². The maximum Gasteiger partial charge on any atom is 0.323 e. The molecular weight excluding hydrogens is 194 g/mol. The Morgan fingerprint density at radius 2 is 1.87 bits per heavy atom. The van der Waals surface area contributed by atoms with Crippen LogP contribution in [0.25, 0.3) is 0 Å². The highest BCUT2D eigenvalue weighted by Gasteiger charge is 2.39. The Morgan fingerprint density at radius 3 is 2.33 bits per heavy atom. The van der Waals surface area contributed by atoms with Crippen molar-refractivity contribution in [3.63, 3.8) is 0 Å². The van der Waals surface area contributed by atoms with Gasteiger partial charge in [-0.25, -0.2) is 0 Å². The van der Waals surface area contributed by atoms with Crippen LogP contribution in [0.2, 0.25) is 0 Å². The summed E-state index contributed by atoms with van der Waals surface area (Å²) in [6.45, 7) is 3.35. The fourth-order valence-corrected chi connectivity index (χ4v) is 2.11. The van der Waals surface area contributed by atoms with E-state index in [1.165, 1.54) is 0 Å². The molecule has 4 nitrogen and oxygen atoms in total. The van der Waals surface area contributed by atoms with Crippen molar-refractivity contribution in [1.29, 1.82) is 0 Å². The van der Waals surface area contributed by atoms with E-state index >= 15 is 0 Å². The van der Waals surface area contributed by atoms with Gasteiger partial charge in [-0.1, -0.05) is 12.8 Å². The van der Waals surface area contributed by atoms with Crippen LogP contribution in [0.5, 0.6) is 0 Å². The lowest BCUT2D eigenvalue weighted by Gasteiger charge is -2.42. The lowest BCUT2D eigenvalue weighted by Crippen LogP contribution is -2.56. The minimum atomic E-state index is -0.914. The van der Waals surface area contributed by atoms with E-state index in [9.17, 15) is 9.90 Å². The lowest BCUT2D eigenvalue weighted by atomic mass is 9.88. The highest BCUT2D eigenvalue weighted by atomic mass is 16.4. The number of aliphatic hydroxyl groups is 1. The molecule has 4 heteroatoms. The number of carboxylic acid groups (broad SMARTS) is 1. The third-order valence-electron chi connectivity index (χ3n) is 3.60. The summed E-state index contributed by atoms with van der Waals surface area (Å²) in [6.07, 6.45) is 3.39. The van der Waals surface area contributed by atoms with Crippen molar-refractivity contribution in [3.05, 3.63) is 0 Å². The van der Waals surface area contributed by atoms with Crippen molar-refractivity contribution in [2.24, 2.45) is 0 Å². The quantitative estimate of drug-likeness (QED) is 0.739. The molecule has 0 bridgehead atoms. The SMILES string of the molecule is CN(C1CCCCC1O)C(C)(C)C(=O)O. The highest BCUT2D eigenvalue weighted by Crippen LogP contribution is 2.27. The zero-order valence-corrected chi connectivity index (χ0v) is 9.73. The molecule has 1 saturated carbocycles. The molecule has 0 aromatic carbocycles. The van der Waals surface area contributed by atoms with Crippen LogP contribution in [-0.4, -0.2) is 45.8 Å². The molecule has 1 rings (SSSR count). The third kappa shape index (κ3) is 2.49. The van der Waals surface area contributed by atoms with Gasteiger partial charge in [0.15, 0.2) is 0 Å². The fourth-order valence-electron chi connectivity index (χ4n) is 2.11. The van der Waals surface area contributed by atoms with E-state index in [4.69, 9.17) is 5.11 Å². The molecule has 1 aliphatic carbocycles. The van der Waals surface area contributed by atoms with Crippen LogP contribution in [-0.2, 0) is 4.79 Å². The van der Waals surface area contributed by atoms with Crippen molar-refractivity contribution >= 4 is 5.97 Å². The Bertz CT molecular complexity index is 240. The first-order chi connectivity index (χ1) is 6.87. The van der Waals surface area contributed by atoms with Crippen LogP contribution in [0.3, 0.4) is 0 Å². The molecule has 2 unspecified atom stereocenters. The number of likely N-dealkylation sites (N-methyl/N-ethyl adjacent to an activating group) is 1. The summed E-state index contributed by atoms with van der Waals surface area (Å²) in [5.41, 5.74) is -0.914. The van der Waals surface area contributed by atoms with E-state index in [1.54, 1.807) is 25.8 Å². The van der Waals surface area contributed by atoms with E-state index in [0.717, 1.165) is 25.7 Å². The molecule has 0 aliphatic heterocycles. The molecule has 88 valence electrons. The van der Waals surface area contributed by atoms with Gasteiger partial charge >= 0.3 is 5.97 Å². The maximum absolute atomic E-state index is 11.1. The molecule has 1 aliphatic rings. The Morgan fingerprint density at radius 1 is 1.33 bits per heavy atom. The van der Waals surface area contributed by atoms with E-state index < -0.39 is 11.5 Å². The predicted molar refractivity (Wildman–Crippen MR) is 57.7 cm³/mol. The van der Waals surface area contributed by atoms with Gasteiger partial charge in [-0.15, -0.1) is 0 Å². The number of aliphatic hydroxyl groups excluding tert-OH is 1. The Balaban J connectivity index is 2.73. The van der Waals surface area contributed by atoms with Gasteiger partial charge in [0, 0.05) is 6.04 Å². The second-order valence-corrected chi connectivity index (χ2v) is 4.89. The molecule has 0 saturated heterocycles. The topological polar surface area (TPSA) is 60.8 Å². The van der Waals surface area contributed by atoms with Gasteiger partial charge in [0.05, 0.1) is 6.10 Å². The Kier molecular flexibility index (Phi) is 3.73. The van der Waals surface area contributed by atoms with Crippen LogP contribution in [0.15, 0.2) is 0 Å². The van der Waals surface area contributed by atoms with Gasteiger partial charge < -0.3 is 10.2 Å². The number of rotatable bonds is 3. The van der Waals surface area contributed by atoms with Gasteiger partial charge in [0.2, 0.25) is 0 Å². The van der Waals surface area contributed by atoms with Crippen molar-refractivity contribution < 1.29 is 15.0 Å². The average Bonchev–Trinajstić information content (AvgIpc) is 2.17. The first-order valence-electron chi connectivity index (χ1n) is 5.51. The summed E-state index contributed by atoms with van der Waals surface area (Å²) in [6, 6.07) is -0.0233. The van der Waals surface area contributed by atoms with Crippen molar-refractivity contribution in [1.82, 2.24) is 4.90 Å². The minimum Gasteiger partial charge on any atom is -0.480 e. The molecule has 2 atom stereocenters. The Labute approximate surface area is 90.9 Å². The zero-order chi connectivity index (χ0) is 11.6. The summed E-state index contributed by atoms with van der Waals surface area (Å²) >= 11 is 0. The predicted octanol–water partition coefficient (Wildman–Crippen LogP) is 1.08. The zero-order valence-electron chi connectivity index (χ0n) is 9.73. The lowest BCUT2D eigenvalue weighted by molar-refractivity contribution is -0.152. The fraction of sp³-hybridized carbons (Fsp3) is 0.909. The molecule has 0 radical (unpaired) electrons. The average molecular weight is 215 g/mol. The standard InChI is InChI=1S/C11H21NO3/c1-11(2,10(14)15)12(3)8-6-4-5-7-9(8)13/h8-9,13H,4-7H2,1-3H3,(H,14,15). The number of carboxylic acids is 1. The maximum atomic E-state index is 11.1. The first-order valence-corrected chi connectivity index (χ1v) is 5.51. The van der Waals surface area contributed by atoms with Gasteiger partial charge in [-0.05, 0) is 33.7 Å². The van der Waals surface area contributed by atoms with Gasteiger partial charge in [0.25, 0.3) is 0 Å². The van der Waals surface area contributed by atoms with Crippen LogP contribution in [0.1, 0.15) is 39.5 Å². The van der Waals surface area contributed by atoms with Gasteiger partial charge in [-0.3, -0.25) is 9.69 Å². The molecule has 2 N–H and O–H groups in total. The van der Waals surface area contributed by atoms with Crippen LogP contribution in [0, 0.1) is 0 Å². The largest absolute Gasteiger partial charge is 0.480 e. The summed E-state index contributed by atoms with van der Waals surface area (Å²) < 4.78 is 0. The van der Waals surface area contributed by atoms with Crippen molar-refractivity contribution in [3.8, 4) is 0 Å². The molecule has 0 heterocycles. The number of carbonyl (C=O) groups is 1. The van der Waals surface area contributed by atoms with Crippen LogP contribution >= 0.6 is 0 Å². The highest BCUT2D eigenvalue weighted by molar-refractivity contribution is 5.77. The van der Waals surface area contributed by atoms with Gasteiger partial charge in [-0.2, -0.15) is 0 Å². The van der Waals surface area contributed by atoms with E-state index in [0.29, 0.717) is 0 Å². The smallest absolute Gasteiger partial charge is 0.323 e. The summed E-state index contributed by atoms with van der Waals surface area (Å²) in [5, 5.41) is 19.0. The first kappa shape index (κ1) is 12.5. The number of nitrogens with zero attached hydrogens (tertiary/aromatic N) is 1. The summed E-state index contributed by atoms with van der Waals surface area (Å²) in [4.78, 5) is 12.9. The minimum absolute atomic E-state index is 0.0233. The molecule has 0 aromatic heterocycles. The second kappa shape index (κ2) is 4.49. The molecule has 0 aromatic rings. The van der Waals surface area contributed by atoms with Crippen LogP contribution in [0.4, 0.5) is 0 Å². The van der Waals surface area contributed by atoms with E-state index in [2.05, 4.69) is 0 Å². The van der Waals surface area contributed by atoms with Crippen molar-refractivity contribution in [2.75, 3.05) is 7.05 Å². The third-order valence-corrected chi connectivity index (χ3v) is 3.60. The normalized spacial score (nSPS) is 28.1. The molecule has 1 fully saturated rings. The second-order valence-electron chi connectivity index (χ2n) is 4.89. The van der Waals surface area contributed by atoms with E-state index in [-0.39, 0.29) is 12.1 Å². The Hall–Kier alpha value is -0.610. The molecule has 0 amide bonds. The van der Waals surface area contributed by atoms with Crippen LogP contribution < -0.4 is 0 Å². The molecule has 15 heavy (non-hydrogen) atoms. The summed E-state index contributed by atoms with van der Waals surface area (Å²) in [5.74, 6) is -0.845. The summed E-state index contributed by atoms with van der Waals surface area (Å²) in [7, 11) is 1.79. The molecular formula is C11H21NO3. The molecule has 0 spiro atoms. The number of hydrogen-bond donors (Lipinski definition) is 2. The van der Waals surface area contributed by atoms with E-state index in [1.807, 2.05) is 0 Å². The number of aliphatic carboxylic acids is 1. The monoisotopic (exact) mass is 215 g/mol.